The van der Waals surface area contributed by atoms with Gasteiger partial charge in [-0.15, -0.1) is 0 Å². The normalized spacial score (nSPS) is 43.3. The standard InChI is InChI=1S/C33H46F3N3O4/c1-26(2)8-11-31(25(42)38-18-33(34,35)36)12-9-29(6)23(20(31)16-26)21(40)14-22-28(29,5)10-13-32(39-43)27(3,4)24(41)19(17-37)15-30(22,32)7/h14,20,23,39,41,43H,8-13,15-16,18H2,1-7H3,(H,38,42)/t20-,23-,28+,29+,30+,31-,32+/m0/s1. The molecule has 3 saturated carbocycles. The number of hydrogen-bond acceptors (Lipinski definition) is 6. The molecule has 0 radical (unpaired) electrons. The number of carbonyl (C=O) groups excluding carboxylic acids is 2. The van der Waals surface area contributed by atoms with Crippen LogP contribution in [0.3, 0.4) is 0 Å². The number of nitrogens with zero attached hydrogens (tertiary/aromatic N) is 1. The van der Waals surface area contributed by atoms with Gasteiger partial charge in [-0.05, 0) is 79.6 Å². The van der Waals surface area contributed by atoms with Crippen molar-refractivity contribution in [3.63, 3.8) is 0 Å². The lowest BCUT2D eigenvalue weighted by atomic mass is 9.32. The first kappa shape index (κ1) is 32.0. The number of nitriles is 1. The molecule has 43 heavy (non-hydrogen) atoms. The van der Waals surface area contributed by atoms with E-state index in [9.17, 15) is 38.3 Å². The third-order valence-electron chi connectivity index (χ3n) is 13.6. The van der Waals surface area contributed by atoms with E-state index in [1.807, 2.05) is 6.92 Å². The van der Waals surface area contributed by atoms with E-state index in [0.717, 1.165) is 5.57 Å². The first-order valence-corrected chi connectivity index (χ1v) is 15.5. The predicted molar refractivity (Wildman–Crippen MR) is 153 cm³/mol. The third kappa shape index (κ3) is 3.99. The van der Waals surface area contributed by atoms with Crippen molar-refractivity contribution in [1.29, 1.82) is 5.26 Å². The highest BCUT2D eigenvalue weighted by Crippen LogP contribution is 2.76. The Hall–Kier alpha value is -2.38. The summed E-state index contributed by atoms with van der Waals surface area (Å²) in [6, 6.07) is 2.16. The summed E-state index contributed by atoms with van der Waals surface area (Å²) in [5.41, 5.74) is -1.82. The summed E-state index contributed by atoms with van der Waals surface area (Å²) < 4.78 is 39.5. The van der Waals surface area contributed by atoms with E-state index in [2.05, 4.69) is 44.6 Å². The average Bonchev–Trinajstić information content (AvgIpc) is 2.90. The molecule has 0 bridgehead atoms. The SMILES string of the molecule is CC1(C)CC[C@]2(C(=O)NCC(F)(F)F)CC[C@]3(C)[C@H](C(=O)C=C4[C@@]3(C)CC[C@@]3(NO)C(C)(C)C(O)=C(C#N)C[C@]43C)[C@@H]2C1. The van der Waals surface area contributed by atoms with Gasteiger partial charge in [0.2, 0.25) is 5.91 Å². The second-order valence-corrected chi connectivity index (χ2v) is 16.2. The summed E-state index contributed by atoms with van der Waals surface area (Å²) in [5, 5.41) is 34.2. The lowest BCUT2D eigenvalue weighted by molar-refractivity contribution is -0.190. The number of allylic oxidation sites excluding steroid dienone is 2. The lowest BCUT2D eigenvalue weighted by Crippen LogP contribution is -2.74. The molecular weight excluding hydrogens is 559 g/mol. The Morgan fingerprint density at radius 3 is 2.23 bits per heavy atom. The fourth-order valence-electron chi connectivity index (χ4n) is 10.9. The maximum Gasteiger partial charge on any atom is 0.405 e. The van der Waals surface area contributed by atoms with Crippen molar-refractivity contribution in [2.45, 2.75) is 112 Å². The van der Waals surface area contributed by atoms with E-state index in [1.165, 1.54) is 0 Å². The molecule has 0 aromatic carbocycles. The predicted octanol–water partition coefficient (Wildman–Crippen LogP) is 6.69. The van der Waals surface area contributed by atoms with E-state index >= 15 is 0 Å². The zero-order valence-electron chi connectivity index (χ0n) is 26.4. The number of nitrogens with one attached hydrogen (secondary N) is 2. The van der Waals surface area contributed by atoms with Gasteiger partial charge in [-0.3, -0.25) is 9.59 Å². The van der Waals surface area contributed by atoms with Gasteiger partial charge >= 0.3 is 6.18 Å². The molecule has 3 fully saturated rings. The van der Waals surface area contributed by atoms with Crippen molar-refractivity contribution in [2.75, 3.05) is 6.54 Å². The summed E-state index contributed by atoms with van der Waals surface area (Å²) in [5.74, 6) is -1.81. The van der Waals surface area contributed by atoms with Crippen molar-refractivity contribution >= 4 is 11.7 Å². The fourth-order valence-corrected chi connectivity index (χ4v) is 10.9. The molecule has 0 unspecified atom stereocenters. The van der Waals surface area contributed by atoms with Crippen LogP contribution in [0, 0.1) is 55.7 Å². The monoisotopic (exact) mass is 605 g/mol. The molecule has 238 valence electrons. The Morgan fingerprint density at radius 2 is 1.65 bits per heavy atom. The Kier molecular flexibility index (Phi) is 6.94. The van der Waals surface area contributed by atoms with Crippen LogP contribution in [0.15, 0.2) is 23.0 Å². The highest BCUT2D eigenvalue weighted by molar-refractivity contribution is 5.97. The summed E-state index contributed by atoms with van der Waals surface area (Å²) in [7, 11) is 0. The van der Waals surface area contributed by atoms with Crippen LogP contribution in [0.25, 0.3) is 0 Å². The van der Waals surface area contributed by atoms with Gasteiger partial charge in [0, 0.05) is 16.7 Å². The Labute approximate surface area is 252 Å². The topological polar surface area (TPSA) is 122 Å². The van der Waals surface area contributed by atoms with Crippen LogP contribution in [0.4, 0.5) is 13.2 Å². The Balaban J connectivity index is 1.67. The number of carbonyl (C=O) groups is 2. The van der Waals surface area contributed by atoms with E-state index in [1.54, 1.807) is 19.9 Å². The molecule has 0 aromatic rings. The van der Waals surface area contributed by atoms with Gasteiger partial charge < -0.3 is 15.6 Å². The number of alkyl halides is 3. The summed E-state index contributed by atoms with van der Waals surface area (Å²) in [4.78, 5) is 28.3. The summed E-state index contributed by atoms with van der Waals surface area (Å²) in [6.45, 7) is 12.6. The molecule has 5 rings (SSSR count). The van der Waals surface area contributed by atoms with Crippen LogP contribution in [0.1, 0.15) is 99.8 Å². The number of ketones is 1. The van der Waals surface area contributed by atoms with Crippen LogP contribution in [0.5, 0.6) is 0 Å². The smallest absolute Gasteiger partial charge is 0.405 e. The van der Waals surface area contributed by atoms with Crippen molar-refractivity contribution in [2.24, 2.45) is 44.3 Å². The number of halogens is 3. The Morgan fingerprint density at radius 1 is 1.02 bits per heavy atom. The van der Waals surface area contributed by atoms with E-state index in [-0.39, 0.29) is 29.0 Å². The number of amides is 1. The van der Waals surface area contributed by atoms with Crippen molar-refractivity contribution in [1.82, 2.24) is 10.8 Å². The number of fused-ring (bicyclic) bond motifs is 7. The molecule has 0 aromatic heterocycles. The van der Waals surface area contributed by atoms with Crippen molar-refractivity contribution < 1.29 is 33.1 Å². The molecule has 0 spiro atoms. The quantitative estimate of drug-likeness (QED) is 0.266. The third-order valence-corrected chi connectivity index (χ3v) is 13.6. The number of aliphatic hydroxyl groups is 1. The van der Waals surface area contributed by atoms with Gasteiger partial charge in [0.15, 0.2) is 5.78 Å². The summed E-state index contributed by atoms with van der Waals surface area (Å²) in [6.07, 6.45) is 0.850. The fraction of sp³-hybridized carbons (Fsp3) is 0.788. The van der Waals surface area contributed by atoms with Gasteiger partial charge in [0.25, 0.3) is 0 Å². The molecule has 5 aliphatic rings. The van der Waals surface area contributed by atoms with E-state index in [4.69, 9.17) is 0 Å². The van der Waals surface area contributed by atoms with Crippen molar-refractivity contribution in [3.8, 4) is 6.07 Å². The maximum atomic E-state index is 14.6. The molecule has 1 amide bonds. The molecule has 10 heteroatoms. The molecule has 0 saturated heterocycles. The minimum atomic E-state index is -4.53. The molecule has 5 aliphatic carbocycles. The lowest BCUT2D eigenvalue weighted by Gasteiger charge is -2.72. The van der Waals surface area contributed by atoms with E-state index < -0.39 is 63.1 Å². The molecule has 7 atom stereocenters. The number of hydroxylamine groups is 1. The minimum absolute atomic E-state index is 0.0683. The molecule has 4 N–H and O–H groups in total. The van der Waals surface area contributed by atoms with Gasteiger partial charge in [-0.25, -0.2) is 0 Å². The molecule has 7 nitrogen and oxygen atoms in total. The molecule has 0 heterocycles. The van der Waals surface area contributed by atoms with E-state index in [0.29, 0.717) is 44.9 Å². The largest absolute Gasteiger partial charge is 0.511 e. The zero-order chi connectivity index (χ0) is 32.2. The Bertz CT molecular complexity index is 1360. The van der Waals surface area contributed by atoms with Crippen LogP contribution in [-0.4, -0.2) is 40.3 Å². The van der Waals surface area contributed by atoms with Gasteiger partial charge in [0.1, 0.15) is 12.3 Å². The van der Waals surface area contributed by atoms with Crippen LogP contribution in [0.2, 0.25) is 0 Å². The van der Waals surface area contributed by atoms with Crippen LogP contribution < -0.4 is 10.8 Å². The number of rotatable bonds is 3. The molecular formula is C33H46F3N3O4. The summed E-state index contributed by atoms with van der Waals surface area (Å²) >= 11 is 0. The maximum absolute atomic E-state index is 14.6. The number of aliphatic hydroxyl groups excluding tert-OH is 1. The second-order valence-electron chi connectivity index (χ2n) is 16.2. The average molecular weight is 606 g/mol. The first-order chi connectivity index (χ1) is 19.6. The number of hydrogen-bond donors (Lipinski definition) is 4. The highest BCUT2D eigenvalue weighted by atomic mass is 19.4. The molecule has 0 aliphatic heterocycles. The van der Waals surface area contributed by atoms with Crippen LogP contribution in [-0.2, 0) is 9.59 Å². The first-order valence-electron chi connectivity index (χ1n) is 15.5. The minimum Gasteiger partial charge on any atom is -0.511 e. The van der Waals surface area contributed by atoms with Crippen LogP contribution >= 0.6 is 0 Å². The van der Waals surface area contributed by atoms with Gasteiger partial charge in [-0.2, -0.15) is 23.9 Å². The second kappa shape index (κ2) is 9.32. The van der Waals surface area contributed by atoms with Crippen molar-refractivity contribution in [3.05, 3.63) is 23.0 Å². The highest BCUT2D eigenvalue weighted by Gasteiger charge is 2.74. The van der Waals surface area contributed by atoms with Gasteiger partial charge in [0.05, 0.1) is 22.6 Å². The van der Waals surface area contributed by atoms with Gasteiger partial charge in [-0.1, -0.05) is 54.0 Å². The zero-order valence-corrected chi connectivity index (χ0v) is 26.4.